The summed E-state index contributed by atoms with van der Waals surface area (Å²) >= 11 is 0. The van der Waals surface area contributed by atoms with Crippen molar-refractivity contribution < 1.29 is 29.0 Å². The van der Waals surface area contributed by atoms with Crippen molar-refractivity contribution in [2.45, 2.75) is 69.2 Å². The highest BCUT2D eigenvalue weighted by Crippen LogP contribution is 2.54. The third kappa shape index (κ3) is 4.58. The number of hydrogen-bond donors (Lipinski definition) is 1. The van der Waals surface area contributed by atoms with E-state index in [9.17, 15) is 19.5 Å². The zero-order valence-corrected chi connectivity index (χ0v) is 22.0. The van der Waals surface area contributed by atoms with Crippen LogP contribution in [0.3, 0.4) is 0 Å². The smallest absolute Gasteiger partial charge is 0.312 e. The number of amides is 2. The van der Waals surface area contributed by atoms with Gasteiger partial charge >= 0.3 is 5.97 Å². The number of ether oxygens (including phenoxy) is 2. The van der Waals surface area contributed by atoms with E-state index < -0.39 is 41.6 Å². The Labute approximate surface area is 224 Å². The minimum Gasteiger partial charge on any atom is -0.465 e. The summed E-state index contributed by atoms with van der Waals surface area (Å²) in [5.74, 6) is -2.84. The van der Waals surface area contributed by atoms with Crippen LogP contribution in [0.4, 0.5) is 0 Å². The highest BCUT2D eigenvalue weighted by Gasteiger charge is 2.72. The van der Waals surface area contributed by atoms with Crippen LogP contribution >= 0.6 is 0 Å². The molecule has 6 atom stereocenters. The van der Waals surface area contributed by atoms with Crippen LogP contribution in [0.25, 0.3) is 0 Å². The topological polar surface area (TPSA) is 96.4 Å². The number of carbonyl (C=O) groups excluding carboxylic acids is 3. The van der Waals surface area contributed by atoms with Gasteiger partial charge in [-0.1, -0.05) is 74.4 Å². The molecule has 8 nitrogen and oxygen atoms in total. The molecule has 1 aromatic rings. The number of carbonyl (C=O) groups is 3. The average Bonchev–Trinajstić information content (AvgIpc) is 3.32. The Morgan fingerprint density at radius 2 is 1.89 bits per heavy atom. The third-order valence-corrected chi connectivity index (χ3v) is 8.35. The molecule has 2 saturated heterocycles. The van der Waals surface area contributed by atoms with Crippen LogP contribution in [0.1, 0.15) is 57.1 Å². The zero-order valence-electron chi connectivity index (χ0n) is 22.0. The molecule has 0 aromatic heterocycles. The Bertz CT molecular complexity index is 1090. The molecule has 0 aliphatic carbocycles. The highest BCUT2D eigenvalue weighted by molar-refractivity contribution is 5.99. The number of fused-ring (bicyclic) bond motifs is 2. The molecule has 4 aliphatic heterocycles. The van der Waals surface area contributed by atoms with E-state index in [2.05, 4.69) is 6.92 Å². The lowest BCUT2D eigenvalue weighted by Gasteiger charge is -2.38. The highest BCUT2D eigenvalue weighted by atomic mass is 16.6. The minimum atomic E-state index is -1.33. The van der Waals surface area contributed by atoms with E-state index in [4.69, 9.17) is 9.47 Å². The summed E-state index contributed by atoms with van der Waals surface area (Å²) in [5, 5.41) is 10.6. The van der Waals surface area contributed by atoms with Crippen molar-refractivity contribution in [3.8, 4) is 0 Å². The van der Waals surface area contributed by atoms with E-state index in [1.807, 2.05) is 54.6 Å². The minimum absolute atomic E-state index is 0.211. The molecule has 8 heteroatoms. The molecule has 1 N–H and O–H groups in total. The lowest BCUT2D eigenvalue weighted by Crippen LogP contribution is -2.56. The number of unbranched alkanes of at least 4 members (excludes halogenated alkanes) is 2. The molecule has 0 radical (unpaired) electrons. The Morgan fingerprint density at radius 3 is 2.66 bits per heavy atom. The van der Waals surface area contributed by atoms with E-state index >= 15 is 0 Å². The number of esters is 1. The fraction of sp³-hybridized carbons (Fsp3) is 0.567. The molecule has 0 bridgehead atoms. The molecule has 38 heavy (non-hydrogen) atoms. The lowest BCUT2D eigenvalue weighted by atomic mass is 9.78. The fourth-order valence-electron chi connectivity index (χ4n) is 6.52. The van der Waals surface area contributed by atoms with Gasteiger partial charge in [-0.25, -0.2) is 0 Å². The van der Waals surface area contributed by atoms with Crippen LogP contribution in [-0.2, 0) is 23.9 Å². The molecule has 2 amide bonds. The second-order valence-corrected chi connectivity index (χ2v) is 10.7. The van der Waals surface area contributed by atoms with Crippen molar-refractivity contribution >= 4 is 17.8 Å². The van der Waals surface area contributed by atoms with Crippen molar-refractivity contribution in [1.29, 1.82) is 0 Å². The Kier molecular flexibility index (Phi) is 8.00. The molecule has 4 aliphatic rings. The van der Waals surface area contributed by atoms with Crippen molar-refractivity contribution in [3.63, 3.8) is 0 Å². The van der Waals surface area contributed by atoms with Gasteiger partial charge in [0.25, 0.3) is 0 Å². The van der Waals surface area contributed by atoms with Crippen molar-refractivity contribution in [3.05, 3.63) is 60.2 Å². The lowest BCUT2D eigenvalue weighted by molar-refractivity contribution is -0.156. The zero-order chi connectivity index (χ0) is 26.7. The quantitative estimate of drug-likeness (QED) is 0.336. The van der Waals surface area contributed by atoms with Gasteiger partial charge in [-0.3, -0.25) is 14.4 Å². The van der Waals surface area contributed by atoms with Crippen molar-refractivity contribution in [2.75, 3.05) is 26.3 Å². The fourth-order valence-corrected chi connectivity index (χ4v) is 6.52. The van der Waals surface area contributed by atoms with E-state index in [1.54, 1.807) is 4.90 Å². The molecular weight excluding hydrogens is 484 g/mol. The van der Waals surface area contributed by atoms with Gasteiger partial charge in [-0.2, -0.15) is 0 Å². The number of benzene rings is 1. The number of aliphatic hydroxyl groups excluding tert-OH is 1. The summed E-state index contributed by atoms with van der Waals surface area (Å²) in [4.78, 5) is 45.4. The standard InChI is InChI=1S/C30H38N2O6/c1-2-3-10-17-31-18-12-16-30-25(24-23(38-30)15-9-4-5-11-19-37-29(24)36)27(34)32(26(30)28(31)35)22(20-33)21-13-7-6-8-14-21/h6-9,12-16,22-26,33H,2-5,10-11,17-20H2,1H3/b15-9-/t22-,23-,24+,25+,26?,30+/m1/s1. The SMILES string of the molecule is CCCCCN1CC=C[C@]23O[C@@H]4/C=C\CCCCOC(=O)[C@@H]4[C@H]2C(=O)N([C@H](CO)c2ccccc2)C3C1=O. The molecule has 1 spiro atoms. The van der Waals surface area contributed by atoms with Gasteiger partial charge in [0.2, 0.25) is 11.8 Å². The Morgan fingerprint density at radius 1 is 1.08 bits per heavy atom. The first-order valence-corrected chi connectivity index (χ1v) is 14.0. The number of rotatable bonds is 7. The normalized spacial score (nSPS) is 32.7. The number of nitrogens with zero attached hydrogens (tertiary/aromatic N) is 2. The van der Waals surface area contributed by atoms with Gasteiger partial charge in [0.1, 0.15) is 17.6 Å². The third-order valence-electron chi connectivity index (χ3n) is 8.35. The number of allylic oxidation sites excluding steroid dienone is 1. The second kappa shape index (κ2) is 11.4. The van der Waals surface area contributed by atoms with E-state index in [-0.39, 0.29) is 18.4 Å². The van der Waals surface area contributed by atoms with Gasteiger partial charge in [0.05, 0.1) is 31.3 Å². The predicted octanol–water partition coefficient (Wildman–Crippen LogP) is 3.17. The van der Waals surface area contributed by atoms with Crippen LogP contribution in [0.15, 0.2) is 54.6 Å². The largest absolute Gasteiger partial charge is 0.465 e. The second-order valence-electron chi connectivity index (χ2n) is 10.7. The van der Waals surface area contributed by atoms with Crippen molar-refractivity contribution in [1.82, 2.24) is 9.80 Å². The van der Waals surface area contributed by atoms with E-state index in [0.29, 0.717) is 19.7 Å². The summed E-state index contributed by atoms with van der Waals surface area (Å²) < 4.78 is 12.3. The maximum atomic E-state index is 14.4. The summed E-state index contributed by atoms with van der Waals surface area (Å²) in [6, 6.07) is 7.48. The summed E-state index contributed by atoms with van der Waals surface area (Å²) in [7, 11) is 0. The molecule has 4 heterocycles. The first-order chi connectivity index (χ1) is 18.5. The first-order valence-electron chi connectivity index (χ1n) is 14.0. The van der Waals surface area contributed by atoms with Gasteiger partial charge in [-0.05, 0) is 31.2 Å². The van der Waals surface area contributed by atoms with Crippen LogP contribution in [-0.4, -0.2) is 76.7 Å². The number of hydrogen-bond acceptors (Lipinski definition) is 6. The monoisotopic (exact) mass is 522 g/mol. The van der Waals surface area contributed by atoms with Crippen molar-refractivity contribution in [2.24, 2.45) is 11.8 Å². The predicted molar refractivity (Wildman–Crippen MR) is 141 cm³/mol. The average molecular weight is 523 g/mol. The molecular formula is C30H38N2O6. The Hall–Kier alpha value is -2.97. The van der Waals surface area contributed by atoms with Crippen LogP contribution in [0.5, 0.6) is 0 Å². The van der Waals surface area contributed by atoms with Gasteiger partial charge in [0.15, 0.2) is 0 Å². The van der Waals surface area contributed by atoms with Crippen LogP contribution in [0.2, 0.25) is 0 Å². The van der Waals surface area contributed by atoms with Gasteiger partial charge in [0, 0.05) is 13.1 Å². The van der Waals surface area contributed by atoms with Crippen LogP contribution < -0.4 is 0 Å². The van der Waals surface area contributed by atoms with E-state index in [0.717, 1.165) is 44.1 Å². The molecule has 0 saturated carbocycles. The van der Waals surface area contributed by atoms with Gasteiger partial charge < -0.3 is 24.4 Å². The maximum absolute atomic E-state index is 14.4. The first kappa shape index (κ1) is 26.6. The Balaban J connectivity index is 1.61. The van der Waals surface area contributed by atoms with Gasteiger partial charge in [-0.15, -0.1) is 0 Å². The number of likely N-dealkylation sites (tertiary alicyclic amines) is 1. The molecule has 2 fully saturated rings. The number of cyclic esters (lactones) is 1. The summed E-state index contributed by atoms with van der Waals surface area (Å²) in [5.41, 5.74) is -0.607. The number of aliphatic hydroxyl groups is 1. The summed E-state index contributed by atoms with van der Waals surface area (Å²) in [6.07, 6.45) is 12.3. The molecule has 204 valence electrons. The molecule has 1 unspecified atom stereocenters. The molecule has 5 rings (SSSR count). The molecule has 1 aromatic carbocycles. The van der Waals surface area contributed by atoms with E-state index in [1.165, 1.54) is 4.90 Å². The van der Waals surface area contributed by atoms with Crippen LogP contribution in [0, 0.1) is 11.8 Å². The summed E-state index contributed by atoms with van der Waals surface area (Å²) in [6.45, 7) is 3.02. The maximum Gasteiger partial charge on any atom is 0.312 e.